The smallest absolute Gasteiger partial charge is 0.263 e. The van der Waals surface area contributed by atoms with E-state index in [-0.39, 0.29) is 10.7 Å². The fraction of sp³-hybridized carbons (Fsp3) is 0.250. The fourth-order valence-corrected chi connectivity index (χ4v) is 4.87. The molecule has 3 aromatic rings. The standard InChI is InChI=1S/C20H20BrCl2N3O2S/c1-13(2)9-14-3-7-17(8-4-14)29(27,28)25-20-18(21)12-26(24-20)11-15-5-6-16(22)10-19(15)23/h3-8,10,12-13H,9,11H2,1-2H3,(H,24,25). The second kappa shape index (κ2) is 9.08. The van der Waals surface area contributed by atoms with Crippen LogP contribution in [0.3, 0.4) is 0 Å². The molecule has 0 aliphatic carbocycles. The summed E-state index contributed by atoms with van der Waals surface area (Å²) in [6.07, 6.45) is 2.59. The molecule has 0 spiro atoms. The van der Waals surface area contributed by atoms with Gasteiger partial charge in [-0.2, -0.15) is 5.10 Å². The van der Waals surface area contributed by atoms with Crippen molar-refractivity contribution in [2.75, 3.05) is 4.72 Å². The molecule has 154 valence electrons. The summed E-state index contributed by atoms with van der Waals surface area (Å²) in [5, 5.41) is 5.39. The second-order valence-corrected chi connectivity index (χ2v) is 10.5. The summed E-state index contributed by atoms with van der Waals surface area (Å²) in [6, 6.07) is 12.1. The van der Waals surface area contributed by atoms with Gasteiger partial charge in [-0.15, -0.1) is 0 Å². The van der Waals surface area contributed by atoms with Crippen molar-refractivity contribution in [1.82, 2.24) is 9.78 Å². The summed E-state index contributed by atoms with van der Waals surface area (Å²) < 4.78 is 30.1. The van der Waals surface area contributed by atoms with Gasteiger partial charge in [0.15, 0.2) is 5.82 Å². The molecule has 0 aliphatic heterocycles. The Morgan fingerprint density at radius 3 is 2.45 bits per heavy atom. The van der Waals surface area contributed by atoms with Crippen molar-refractivity contribution in [3.63, 3.8) is 0 Å². The van der Waals surface area contributed by atoms with Gasteiger partial charge in [0.1, 0.15) is 0 Å². The van der Waals surface area contributed by atoms with Crippen molar-refractivity contribution in [2.24, 2.45) is 5.92 Å². The molecular formula is C20H20BrCl2N3O2S. The third-order valence-corrected chi connectivity index (χ3v) is 6.70. The van der Waals surface area contributed by atoms with Gasteiger partial charge in [0.2, 0.25) is 0 Å². The van der Waals surface area contributed by atoms with Gasteiger partial charge in [-0.3, -0.25) is 9.40 Å². The number of aromatic nitrogens is 2. The van der Waals surface area contributed by atoms with E-state index in [9.17, 15) is 8.42 Å². The molecule has 0 fully saturated rings. The number of sulfonamides is 1. The van der Waals surface area contributed by atoms with Crippen LogP contribution in [-0.2, 0) is 23.0 Å². The van der Waals surface area contributed by atoms with E-state index in [2.05, 4.69) is 39.6 Å². The van der Waals surface area contributed by atoms with E-state index in [4.69, 9.17) is 23.2 Å². The van der Waals surface area contributed by atoms with Crippen molar-refractivity contribution in [2.45, 2.75) is 31.7 Å². The minimum Gasteiger partial charge on any atom is -0.265 e. The highest BCUT2D eigenvalue weighted by Crippen LogP contribution is 2.26. The maximum atomic E-state index is 12.7. The average Bonchev–Trinajstić information content (AvgIpc) is 2.96. The molecular weight excluding hydrogens is 497 g/mol. The lowest BCUT2D eigenvalue weighted by Gasteiger charge is -2.09. The lowest BCUT2D eigenvalue weighted by molar-refractivity contribution is 0.600. The number of nitrogens with zero attached hydrogens (tertiary/aromatic N) is 2. The summed E-state index contributed by atoms with van der Waals surface area (Å²) in [6.45, 7) is 4.62. The van der Waals surface area contributed by atoms with Gasteiger partial charge in [-0.05, 0) is 63.7 Å². The van der Waals surface area contributed by atoms with Crippen molar-refractivity contribution in [3.8, 4) is 0 Å². The van der Waals surface area contributed by atoms with Crippen LogP contribution in [-0.4, -0.2) is 18.2 Å². The van der Waals surface area contributed by atoms with E-state index in [0.717, 1.165) is 17.5 Å². The Morgan fingerprint density at radius 1 is 1.14 bits per heavy atom. The number of benzene rings is 2. The Labute approximate surface area is 189 Å². The highest BCUT2D eigenvalue weighted by Gasteiger charge is 2.18. The van der Waals surface area contributed by atoms with Crippen molar-refractivity contribution in [1.29, 1.82) is 0 Å². The lowest BCUT2D eigenvalue weighted by Crippen LogP contribution is -2.14. The second-order valence-electron chi connectivity index (χ2n) is 7.11. The molecule has 0 saturated carbocycles. The molecule has 3 rings (SSSR count). The van der Waals surface area contributed by atoms with Crippen LogP contribution < -0.4 is 4.72 Å². The molecule has 0 aliphatic rings. The SMILES string of the molecule is CC(C)Cc1ccc(S(=O)(=O)Nc2nn(Cc3ccc(Cl)cc3Cl)cc2Br)cc1. The van der Waals surface area contributed by atoms with E-state index in [1.807, 2.05) is 18.2 Å². The Kier molecular flexibility index (Phi) is 6.94. The predicted octanol–water partition coefficient (Wildman–Crippen LogP) is 6.00. The quantitative estimate of drug-likeness (QED) is 0.418. The first kappa shape index (κ1) is 22.2. The van der Waals surface area contributed by atoms with Gasteiger partial charge in [0.25, 0.3) is 10.0 Å². The third kappa shape index (κ3) is 5.75. The fourth-order valence-electron chi connectivity index (χ4n) is 2.83. The Balaban J connectivity index is 1.77. The Bertz CT molecular complexity index is 1110. The number of hydrogen-bond acceptors (Lipinski definition) is 3. The molecule has 9 heteroatoms. The number of hydrogen-bond donors (Lipinski definition) is 1. The summed E-state index contributed by atoms with van der Waals surface area (Å²) in [5.41, 5.74) is 1.92. The molecule has 0 unspecified atom stereocenters. The third-order valence-electron chi connectivity index (χ3n) is 4.17. The molecule has 1 heterocycles. The minimum atomic E-state index is -3.75. The van der Waals surface area contributed by atoms with Crippen LogP contribution in [0.4, 0.5) is 5.82 Å². The molecule has 1 aromatic heterocycles. The normalized spacial score (nSPS) is 11.8. The van der Waals surface area contributed by atoms with E-state index < -0.39 is 10.0 Å². The predicted molar refractivity (Wildman–Crippen MR) is 121 cm³/mol. The number of rotatable bonds is 7. The zero-order chi connectivity index (χ0) is 21.2. The first-order valence-corrected chi connectivity index (χ1v) is 12.0. The molecule has 0 bridgehead atoms. The minimum absolute atomic E-state index is 0.187. The van der Waals surface area contributed by atoms with Gasteiger partial charge in [-0.1, -0.05) is 55.2 Å². The zero-order valence-corrected chi connectivity index (χ0v) is 19.8. The summed E-state index contributed by atoms with van der Waals surface area (Å²) in [4.78, 5) is 0.187. The molecule has 0 saturated heterocycles. The first-order chi connectivity index (χ1) is 13.6. The lowest BCUT2D eigenvalue weighted by atomic mass is 10.0. The van der Waals surface area contributed by atoms with E-state index in [1.165, 1.54) is 0 Å². The van der Waals surface area contributed by atoms with Gasteiger partial charge >= 0.3 is 0 Å². The monoisotopic (exact) mass is 515 g/mol. The van der Waals surface area contributed by atoms with Crippen molar-refractivity contribution in [3.05, 3.63) is 74.3 Å². The Hall–Kier alpha value is -1.54. The Morgan fingerprint density at radius 2 is 1.83 bits per heavy atom. The van der Waals surface area contributed by atoms with Crippen LogP contribution in [0, 0.1) is 5.92 Å². The van der Waals surface area contributed by atoms with Crippen LogP contribution in [0.5, 0.6) is 0 Å². The van der Waals surface area contributed by atoms with Crippen molar-refractivity contribution < 1.29 is 8.42 Å². The van der Waals surface area contributed by atoms with Crippen LogP contribution in [0.25, 0.3) is 0 Å². The topological polar surface area (TPSA) is 64.0 Å². The number of anilines is 1. The number of nitrogens with one attached hydrogen (secondary N) is 1. The van der Waals surface area contributed by atoms with E-state index in [1.54, 1.807) is 35.1 Å². The van der Waals surface area contributed by atoms with Crippen molar-refractivity contribution >= 4 is 55.0 Å². The molecule has 1 N–H and O–H groups in total. The summed E-state index contributed by atoms with van der Waals surface area (Å²) in [7, 11) is -3.75. The number of halogens is 3. The van der Waals surface area contributed by atoms with Crippen LogP contribution in [0.2, 0.25) is 10.0 Å². The summed E-state index contributed by atoms with van der Waals surface area (Å²) >= 11 is 15.5. The molecule has 29 heavy (non-hydrogen) atoms. The highest BCUT2D eigenvalue weighted by atomic mass is 79.9. The summed E-state index contributed by atoms with van der Waals surface area (Å²) in [5.74, 6) is 0.714. The van der Waals surface area contributed by atoms with Gasteiger partial charge < -0.3 is 0 Å². The van der Waals surface area contributed by atoms with E-state index in [0.29, 0.717) is 27.0 Å². The zero-order valence-electron chi connectivity index (χ0n) is 15.9. The largest absolute Gasteiger partial charge is 0.265 e. The average molecular weight is 517 g/mol. The maximum Gasteiger partial charge on any atom is 0.263 e. The molecule has 5 nitrogen and oxygen atoms in total. The maximum absolute atomic E-state index is 12.7. The van der Waals surface area contributed by atoms with Crippen LogP contribution >= 0.6 is 39.1 Å². The molecule has 2 aromatic carbocycles. The first-order valence-electron chi connectivity index (χ1n) is 8.92. The van der Waals surface area contributed by atoms with Crippen LogP contribution in [0.1, 0.15) is 25.0 Å². The van der Waals surface area contributed by atoms with Gasteiger partial charge in [-0.25, -0.2) is 8.42 Å². The molecule has 0 amide bonds. The van der Waals surface area contributed by atoms with Gasteiger partial charge in [0, 0.05) is 16.2 Å². The van der Waals surface area contributed by atoms with Crippen LogP contribution in [0.15, 0.2) is 58.0 Å². The highest BCUT2D eigenvalue weighted by molar-refractivity contribution is 9.10. The van der Waals surface area contributed by atoms with Gasteiger partial charge in [0.05, 0.1) is 15.9 Å². The molecule has 0 atom stereocenters. The molecule has 0 radical (unpaired) electrons. The van der Waals surface area contributed by atoms with E-state index >= 15 is 0 Å².